The molecule has 4 saturated carbocycles. The first-order valence-electron chi connectivity index (χ1n) is 9.50. The number of rotatable bonds is 5. The third-order valence-electron chi connectivity index (χ3n) is 7.29. The molecule has 4 aliphatic carbocycles. The number of benzene rings is 1. The summed E-state index contributed by atoms with van der Waals surface area (Å²) < 4.78 is 0. The summed E-state index contributed by atoms with van der Waals surface area (Å²) in [6.45, 7) is 3.19. The van der Waals surface area contributed by atoms with E-state index < -0.39 is 0 Å². The minimum absolute atomic E-state index is 0.480. The quantitative estimate of drug-likeness (QED) is 0.775. The summed E-state index contributed by atoms with van der Waals surface area (Å²) in [6, 6.07) is 9.28. The van der Waals surface area contributed by atoms with Gasteiger partial charge in [0.05, 0.1) is 0 Å². The van der Waals surface area contributed by atoms with E-state index in [1.165, 1.54) is 50.5 Å². The van der Waals surface area contributed by atoms with Crippen LogP contribution in [0.5, 0.6) is 0 Å². The van der Waals surface area contributed by atoms with Crippen molar-refractivity contribution in [3.8, 4) is 0 Å². The molecule has 0 amide bonds. The Balaban J connectivity index is 1.74. The zero-order chi connectivity index (χ0) is 15.2. The maximum atomic E-state index is 5.80. The molecule has 120 valence electrons. The van der Waals surface area contributed by atoms with Crippen LogP contribution in [0, 0.1) is 30.6 Å². The van der Waals surface area contributed by atoms with Crippen molar-refractivity contribution in [2.45, 2.75) is 63.7 Å². The second kappa shape index (κ2) is 5.67. The second-order valence-corrected chi connectivity index (χ2v) is 8.41. The minimum atomic E-state index is 0.480. The average Bonchev–Trinajstić information content (AvgIpc) is 2.51. The first-order chi connectivity index (χ1) is 10.7. The summed E-state index contributed by atoms with van der Waals surface area (Å²) >= 11 is 0. The highest BCUT2D eigenvalue weighted by atomic mass is 14.6. The zero-order valence-corrected chi connectivity index (χ0v) is 14.1. The van der Waals surface area contributed by atoms with Crippen LogP contribution in [-0.2, 0) is 5.41 Å². The van der Waals surface area contributed by atoms with E-state index in [-0.39, 0.29) is 0 Å². The molecule has 1 nitrogen and oxygen atoms in total. The molecule has 1 aromatic carbocycles. The van der Waals surface area contributed by atoms with Crippen LogP contribution >= 0.6 is 0 Å². The van der Waals surface area contributed by atoms with Crippen molar-refractivity contribution in [3.63, 3.8) is 0 Å². The molecule has 1 aromatic rings. The molecule has 0 aromatic heterocycles. The van der Waals surface area contributed by atoms with Crippen molar-refractivity contribution >= 4 is 0 Å². The Labute approximate surface area is 135 Å². The maximum absolute atomic E-state index is 5.80. The highest BCUT2D eigenvalue weighted by Crippen LogP contribution is 2.64. The summed E-state index contributed by atoms with van der Waals surface area (Å²) in [4.78, 5) is 0. The van der Waals surface area contributed by atoms with E-state index >= 15 is 0 Å². The third-order valence-corrected chi connectivity index (χ3v) is 7.29. The molecule has 0 heterocycles. The lowest BCUT2D eigenvalue weighted by atomic mass is 9.42. The van der Waals surface area contributed by atoms with E-state index in [0.29, 0.717) is 5.41 Å². The van der Waals surface area contributed by atoms with Gasteiger partial charge in [-0.2, -0.15) is 0 Å². The first kappa shape index (κ1) is 14.8. The van der Waals surface area contributed by atoms with Crippen molar-refractivity contribution in [2.24, 2.45) is 29.4 Å². The van der Waals surface area contributed by atoms with Crippen molar-refractivity contribution in [2.75, 3.05) is 6.54 Å². The predicted octanol–water partition coefficient (Wildman–Crippen LogP) is 4.82. The van der Waals surface area contributed by atoms with E-state index in [9.17, 15) is 0 Å². The monoisotopic (exact) mass is 297 g/mol. The van der Waals surface area contributed by atoms with Gasteiger partial charge in [0.1, 0.15) is 0 Å². The number of hydrogen-bond donors (Lipinski definition) is 1. The molecule has 5 rings (SSSR count). The standard InChI is InChI=1S/C21H31N/c1-15-6-2-3-7-20(15)21(8-4-5-9-22)18-11-16-10-17(13-18)14-19(21)12-16/h2-3,6-7,16-19H,4-5,8-14,22H2,1H3. The van der Waals surface area contributed by atoms with Crippen LogP contribution in [0.3, 0.4) is 0 Å². The Hall–Kier alpha value is -0.820. The van der Waals surface area contributed by atoms with Crippen molar-refractivity contribution in [1.82, 2.24) is 0 Å². The van der Waals surface area contributed by atoms with E-state index in [1.807, 2.05) is 0 Å². The van der Waals surface area contributed by atoms with Crippen LogP contribution in [0.1, 0.15) is 62.5 Å². The Bertz CT molecular complexity index is 504. The molecule has 1 heteroatoms. The summed E-state index contributed by atoms with van der Waals surface area (Å²) in [5.74, 6) is 3.99. The predicted molar refractivity (Wildman–Crippen MR) is 92.8 cm³/mol. The lowest BCUT2D eigenvalue weighted by Gasteiger charge is -2.62. The number of hydrogen-bond acceptors (Lipinski definition) is 1. The largest absolute Gasteiger partial charge is 0.330 e. The van der Waals surface area contributed by atoms with Crippen LogP contribution in [0.25, 0.3) is 0 Å². The fourth-order valence-electron chi connectivity index (χ4n) is 6.66. The summed E-state index contributed by atoms with van der Waals surface area (Å²) in [7, 11) is 0. The lowest BCUT2D eigenvalue weighted by Crippen LogP contribution is -2.55. The SMILES string of the molecule is Cc1ccccc1C1(CCCCN)C2CC3CC(C2)CC1C3. The van der Waals surface area contributed by atoms with Crippen LogP contribution < -0.4 is 5.73 Å². The van der Waals surface area contributed by atoms with Gasteiger partial charge >= 0.3 is 0 Å². The molecule has 0 saturated heterocycles. The van der Waals surface area contributed by atoms with E-state index in [1.54, 1.807) is 12.0 Å². The summed E-state index contributed by atoms with van der Waals surface area (Å²) in [5, 5.41) is 0. The number of unbranched alkanes of at least 4 members (excludes halogenated alkanes) is 1. The molecule has 0 spiro atoms. The van der Waals surface area contributed by atoms with E-state index in [2.05, 4.69) is 31.2 Å². The zero-order valence-electron chi connectivity index (χ0n) is 14.1. The smallest absolute Gasteiger partial charge is 0.00125 e. The molecule has 0 aliphatic heterocycles. The van der Waals surface area contributed by atoms with Gasteiger partial charge in [-0.3, -0.25) is 0 Å². The lowest BCUT2D eigenvalue weighted by molar-refractivity contribution is -0.0661. The Morgan fingerprint density at radius 3 is 2.18 bits per heavy atom. The van der Waals surface area contributed by atoms with Gasteiger partial charge < -0.3 is 5.73 Å². The van der Waals surface area contributed by atoms with Gasteiger partial charge in [-0.05, 0) is 93.2 Å². The van der Waals surface area contributed by atoms with Crippen LogP contribution in [-0.4, -0.2) is 6.54 Å². The number of nitrogens with two attached hydrogens (primary N) is 1. The van der Waals surface area contributed by atoms with Gasteiger partial charge in [-0.25, -0.2) is 0 Å². The normalized spacial score (nSPS) is 39.4. The van der Waals surface area contributed by atoms with Crippen molar-refractivity contribution in [1.29, 1.82) is 0 Å². The summed E-state index contributed by atoms with van der Waals surface area (Å²) in [6.07, 6.45) is 11.4. The van der Waals surface area contributed by atoms with Gasteiger partial charge in [-0.15, -0.1) is 0 Å². The molecular formula is C21H31N. The first-order valence-corrected chi connectivity index (χ1v) is 9.50. The van der Waals surface area contributed by atoms with E-state index in [0.717, 1.165) is 30.2 Å². The van der Waals surface area contributed by atoms with Gasteiger partial charge in [0.2, 0.25) is 0 Å². The molecule has 0 atom stereocenters. The Kier molecular flexibility index (Phi) is 3.80. The molecule has 4 bridgehead atoms. The highest BCUT2D eigenvalue weighted by molar-refractivity contribution is 5.37. The van der Waals surface area contributed by atoms with Crippen LogP contribution in [0.4, 0.5) is 0 Å². The molecular weight excluding hydrogens is 266 g/mol. The second-order valence-electron chi connectivity index (χ2n) is 8.41. The maximum Gasteiger partial charge on any atom is 0.00125 e. The molecule has 0 unspecified atom stereocenters. The van der Waals surface area contributed by atoms with Crippen LogP contribution in [0.15, 0.2) is 24.3 Å². The highest BCUT2D eigenvalue weighted by Gasteiger charge is 2.57. The third kappa shape index (κ3) is 2.16. The fraction of sp³-hybridized carbons (Fsp3) is 0.714. The Morgan fingerprint density at radius 2 is 1.59 bits per heavy atom. The van der Waals surface area contributed by atoms with Crippen LogP contribution in [0.2, 0.25) is 0 Å². The fourth-order valence-corrected chi connectivity index (χ4v) is 6.66. The molecule has 4 fully saturated rings. The summed E-state index contributed by atoms with van der Waals surface area (Å²) in [5.41, 5.74) is 9.51. The molecule has 4 aliphatic rings. The topological polar surface area (TPSA) is 26.0 Å². The van der Waals surface area contributed by atoms with E-state index in [4.69, 9.17) is 5.73 Å². The van der Waals surface area contributed by atoms with Crippen molar-refractivity contribution < 1.29 is 0 Å². The number of aryl methyl sites for hydroxylation is 1. The Morgan fingerprint density at radius 1 is 0.955 bits per heavy atom. The molecule has 2 N–H and O–H groups in total. The van der Waals surface area contributed by atoms with Crippen molar-refractivity contribution in [3.05, 3.63) is 35.4 Å². The van der Waals surface area contributed by atoms with Gasteiger partial charge in [0.15, 0.2) is 0 Å². The minimum Gasteiger partial charge on any atom is -0.330 e. The van der Waals surface area contributed by atoms with Gasteiger partial charge in [0.25, 0.3) is 0 Å². The average molecular weight is 297 g/mol. The van der Waals surface area contributed by atoms with Gasteiger partial charge in [-0.1, -0.05) is 30.7 Å². The van der Waals surface area contributed by atoms with Gasteiger partial charge in [0, 0.05) is 5.41 Å². The molecule has 22 heavy (non-hydrogen) atoms. The molecule has 0 radical (unpaired) electrons.